The lowest BCUT2D eigenvalue weighted by Crippen LogP contribution is -2.26. The molecular weight excluding hydrogens is 319 g/mol. The van der Waals surface area contributed by atoms with E-state index >= 15 is 0 Å². The molecule has 0 amide bonds. The Bertz CT molecular complexity index is 670. The highest BCUT2D eigenvalue weighted by molar-refractivity contribution is 6.42. The minimum atomic E-state index is -0.593. The van der Waals surface area contributed by atoms with Gasteiger partial charge in [0.05, 0.1) is 28.1 Å². The quantitative estimate of drug-likeness (QED) is 0.744. The molecule has 0 aliphatic carbocycles. The van der Waals surface area contributed by atoms with Crippen LogP contribution in [0.3, 0.4) is 0 Å². The Kier molecular flexibility index (Phi) is 5.65. The zero-order valence-electron chi connectivity index (χ0n) is 12.2. The van der Waals surface area contributed by atoms with Crippen LogP contribution < -0.4 is 4.74 Å². The zero-order chi connectivity index (χ0) is 16.0. The van der Waals surface area contributed by atoms with Crippen LogP contribution in [0.15, 0.2) is 42.7 Å². The van der Waals surface area contributed by atoms with E-state index in [2.05, 4.69) is 11.1 Å². The number of rotatable bonds is 6. The molecule has 22 heavy (non-hydrogen) atoms. The second-order valence-electron chi connectivity index (χ2n) is 4.96. The summed E-state index contributed by atoms with van der Waals surface area (Å²) >= 11 is 11.8. The van der Waals surface area contributed by atoms with Gasteiger partial charge in [-0.15, -0.1) is 0 Å². The number of pyridine rings is 1. The van der Waals surface area contributed by atoms with Crippen molar-refractivity contribution in [1.29, 1.82) is 5.26 Å². The molecule has 114 valence electrons. The summed E-state index contributed by atoms with van der Waals surface area (Å²) in [4.78, 5) is 4.11. The molecular formula is C17H16Cl2N2O. The molecule has 3 nitrogen and oxygen atoms in total. The predicted molar refractivity (Wildman–Crippen MR) is 88.4 cm³/mol. The summed E-state index contributed by atoms with van der Waals surface area (Å²) in [5.74, 6) is 0.642. The van der Waals surface area contributed by atoms with Gasteiger partial charge in [-0.1, -0.05) is 36.2 Å². The van der Waals surface area contributed by atoms with Gasteiger partial charge < -0.3 is 4.74 Å². The maximum atomic E-state index is 9.64. The van der Waals surface area contributed by atoms with Crippen LogP contribution in [-0.2, 0) is 5.41 Å². The lowest BCUT2D eigenvalue weighted by atomic mass is 9.78. The minimum Gasteiger partial charge on any atom is -0.493 e. The van der Waals surface area contributed by atoms with Crippen molar-refractivity contribution in [3.05, 3.63) is 58.3 Å². The van der Waals surface area contributed by atoms with Gasteiger partial charge in [-0.2, -0.15) is 5.26 Å². The molecule has 0 bridgehead atoms. The van der Waals surface area contributed by atoms with E-state index in [0.29, 0.717) is 35.2 Å². The molecule has 0 fully saturated rings. The number of ether oxygens (including phenoxy) is 1. The van der Waals surface area contributed by atoms with Crippen LogP contribution >= 0.6 is 23.2 Å². The Labute approximate surface area is 140 Å². The highest BCUT2D eigenvalue weighted by Gasteiger charge is 2.30. The lowest BCUT2D eigenvalue weighted by Gasteiger charge is -2.25. The standard InChI is InChI=1S/C17H16Cl2N2O/c1-2-17(12-20,13-4-3-8-21-11-13)7-9-22-14-5-6-15(18)16(19)10-14/h3-6,8,10-11H,2,7,9H2,1H3. The highest BCUT2D eigenvalue weighted by atomic mass is 35.5. The fourth-order valence-electron chi connectivity index (χ4n) is 2.28. The average Bonchev–Trinajstić information content (AvgIpc) is 2.56. The number of hydrogen-bond donors (Lipinski definition) is 0. The van der Waals surface area contributed by atoms with Crippen molar-refractivity contribution in [3.63, 3.8) is 0 Å². The van der Waals surface area contributed by atoms with Crippen LogP contribution in [0.4, 0.5) is 0 Å². The molecule has 0 radical (unpaired) electrons. The first-order valence-corrected chi connectivity index (χ1v) is 7.76. The number of nitrogens with zero attached hydrogens (tertiary/aromatic N) is 2. The normalized spacial score (nSPS) is 13.2. The van der Waals surface area contributed by atoms with Gasteiger partial charge in [0, 0.05) is 24.9 Å². The van der Waals surface area contributed by atoms with Gasteiger partial charge >= 0.3 is 0 Å². The lowest BCUT2D eigenvalue weighted by molar-refractivity contribution is 0.276. The average molecular weight is 335 g/mol. The van der Waals surface area contributed by atoms with Gasteiger partial charge in [-0.3, -0.25) is 4.98 Å². The van der Waals surface area contributed by atoms with Gasteiger partial charge in [0.2, 0.25) is 0 Å². The first-order valence-electron chi connectivity index (χ1n) is 7.01. The van der Waals surface area contributed by atoms with Crippen LogP contribution in [-0.4, -0.2) is 11.6 Å². The van der Waals surface area contributed by atoms with E-state index in [-0.39, 0.29) is 0 Å². The Hall–Kier alpha value is -1.76. The van der Waals surface area contributed by atoms with Gasteiger partial charge in [-0.25, -0.2) is 0 Å². The fourth-order valence-corrected chi connectivity index (χ4v) is 2.57. The van der Waals surface area contributed by atoms with Gasteiger partial charge in [0.15, 0.2) is 0 Å². The molecule has 1 unspecified atom stereocenters. The van der Waals surface area contributed by atoms with Crippen molar-refractivity contribution in [2.24, 2.45) is 0 Å². The van der Waals surface area contributed by atoms with E-state index in [1.54, 1.807) is 30.6 Å². The van der Waals surface area contributed by atoms with E-state index in [1.807, 2.05) is 19.1 Å². The third-order valence-corrected chi connectivity index (χ3v) is 4.46. The van der Waals surface area contributed by atoms with E-state index in [9.17, 15) is 5.26 Å². The van der Waals surface area contributed by atoms with Crippen molar-refractivity contribution >= 4 is 23.2 Å². The van der Waals surface area contributed by atoms with Crippen molar-refractivity contribution in [3.8, 4) is 11.8 Å². The van der Waals surface area contributed by atoms with Crippen LogP contribution in [0, 0.1) is 11.3 Å². The largest absolute Gasteiger partial charge is 0.493 e. The molecule has 0 aliphatic rings. The molecule has 2 rings (SSSR count). The molecule has 0 saturated carbocycles. The zero-order valence-corrected chi connectivity index (χ0v) is 13.7. The van der Waals surface area contributed by atoms with Crippen molar-refractivity contribution in [1.82, 2.24) is 4.98 Å². The van der Waals surface area contributed by atoms with Crippen LogP contribution in [0.1, 0.15) is 25.3 Å². The summed E-state index contributed by atoms with van der Waals surface area (Å²) in [6, 6.07) is 11.3. The van der Waals surface area contributed by atoms with Crippen molar-refractivity contribution in [2.75, 3.05) is 6.61 Å². The van der Waals surface area contributed by atoms with E-state index in [0.717, 1.165) is 5.56 Å². The molecule has 0 N–H and O–H groups in total. The molecule has 0 spiro atoms. The van der Waals surface area contributed by atoms with Gasteiger partial charge in [0.1, 0.15) is 5.75 Å². The molecule has 0 saturated heterocycles. The van der Waals surface area contributed by atoms with E-state index < -0.39 is 5.41 Å². The molecule has 1 aromatic heterocycles. The van der Waals surface area contributed by atoms with E-state index in [1.165, 1.54) is 0 Å². The topological polar surface area (TPSA) is 45.9 Å². The SMILES string of the molecule is CCC(C#N)(CCOc1ccc(Cl)c(Cl)c1)c1cccnc1. The summed E-state index contributed by atoms with van der Waals surface area (Å²) in [5, 5.41) is 10.6. The second kappa shape index (κ2) is 7.49. The van der Waals surface area contributed by atoms with Crippen LogP contribution in [0.25, 0.3) is 0 Å². The summed E-state index contributed by atoms with van der Waals surface area (Å²) in [6.07, 6.45) is 4.71. The van der Waals surface area contributed by atoms with E-state index in [4.69, 9.17) is 27.9 Å². The molecule has 0 aliphatic heterocycles. The maximum absolute atomic E-state index is 9.64. The molecule has 1 heterocycles. The van der Waals surface area contributed by atoms with Gasteiger partial charge in [0.25, 0.3) is 0 Å². The third-order valence-electron chi connectivity index (χ3n) is 3.72. The Balaban J connectivity index is 2.07. The minimum absolute atomic E-state index is 0.411. The van der Waals surface area contributed by atoms with Gasteiger partial charge in [-0.05, 0) is 30.2 Å². The highest BCUT2D eigenvalue weighted by Crippen LogP contribution is 2.31. The first kappa shape index (κ1) is 16.6. The first-order chi connectivity index (χ1) is 10.6. The Morgan fingerprint density at radius 1 is 1.27 bits per heavy atom. The third kappa shape index (κ3) is 3.71. The van der Waals surface area contributed by atoms with Crippen LogP contribution in [0.2, 0.25) is 10.0 Å². The molecule has 1 aromatic carbocycles. The number of hydrogen-bond acceptors (Lipinski definition) is 3. The molecule has 5 heteroatoms. The van der Waals surface area contributed by atoms with Crippen molar-refractivity contribution < 1.29 is 4.74 Å². The smallest absolute Gasteiger partial charge is 0.120 e. The monoisotopic (exact) mass is 334 g/mol. The number of benzene rings is 1. The summed E-state index contributed by atoms with van der Waals surface area (Å²) in [6.45, 7) is 2.41. The molecule has 2 aromatic rings. The maximum Gasteiger partial charge on any atom is 0.120 e. The fraction of sp³-hybridized carbons (Fsp3) is 0.294. The number of nitriles is 1. The predicted octanol–water partition coefficient (Wildman–Crippen LogP) is 5.03. The van der Waals surface area contributed by atoms with Crippen LogP contribution in [0.5, 0.6) is 5.75 Å². The number of halogens is 2. The Morgan fingerprint density at radius 3 is 2.68 bits per heavy atom. The summed E-state index contributed by atoms with van der Waals surface area (Å²) < 4.78 is 5.71. The Morgan fingerprint density at radius 2 is 2.09 bits per heavy atom. The molecule has 1 atom stereocenters. The van der Waals surface area contributed by atoms with Crippen molar-refractivity contribution in [2.45, 2.75) is 25.2 Å². The summed E-state index contributed by atoms with van der Waals surface area (Å²) in [7, 11) is 0. The summed E-state index contributed by atoms with van der Waals surface area (Å²) in [5.41, 5.74) is 0.322. The second-order valence-corrected chi connectivity index (χ2v) is 5.78. The number of aromatic nitrogens is 1.